The van der Waals surface area contributed by atoms with Crippen LogP contribution in [0, 0.1) is 5.92 Å². The Balaban J connectivity index is 2.54. The van der Waals surface area contributed by atoms with Gasteiger partial charge in [0, 0.05) is 17.3 Å². The van der Waals surface area contributed by atoms with Crippen molar-refractivity contribution in [1.29, 1.82) is 0 Å². The van der Waals surface area contributed by atoms with E-state index in [2.05, 4.69) is 5.32 Å². The average molecular weight is 258 g/mol. The number of carboxylic acids is 2. The molecule has 1 rings (SSSR count). The molecular formula is C11H12ClNO4. The van der Waals surface area contributed by atoms with Crippen LogP contribution < -0.4 is 5.32 Å². The second-order valence-corrected chi connectivity index (χ2v) is 3.96. The lowest BCUT2D eigenvalue weighted by Gasteiger charge is -2.12. The van der Waals surface area contributed by atoms with Crippen LogP contribution in [0.1, 0.15) is 6.42 Å². The highest BCUT2D eigenvalue weighted by Crippen LogP contribution is 2.14. The molecule has 1 aromatic carbocycles. The summed E-state index contributed by atoms with van der Waals surface area (Å²) in [6.45, 7) is 0.0588. The zero-order valence-electron chi connectivity index (χ0n) is 8.89. The molecule has 0 bridgehead atoms. The van der Waals surface area contributed by atoms with Gasteiger partial charge >= 0.3 is 11.9 Å². The van der Waals surface area contributed by atoms with Crippen LogP contribution in [0.5, 0.6) is 0 Å². The van der Waals surface area contributed by atoms with Crippen LogP contribution in [0.4, 0.5) is 5.69 Å². The Morgan fingerprint density at radius 1 is 1.24 bits per heavy atom. The molecule has 0 amide bonds. The number of anilines is 1. The molecule has 0 aliphatic rings. The van der Waals surface area contributed by atoms with Crippen LogP contribution >= 0.6 is 11.6 Å². The van der Waals surface area contributed by atoms with Crippen molar-refractivity contribution >= 4 is 29.2 Å². The van der Waals surface area contributed by atoms with Gasteiger partial charge < -0.3 is 15.5 Å². The summed E-state index contributed by atoms with van der Waals surface area (Å²) in [7, 11) is 0. The Kier molecular flexibility index (Phi) is 4.78. The number of hydrogen-bond donors (Lipinski definition) is 3. The molecule has 0 saturated heterocycles. The first kappa shape index (κ1) is 13.3. The highest BCUT2D eigenvalue weighted by atomic mass is 35.5. The van der Waals surface area contributed by atoms with Gasteiger partial charge in [-0.05, 0) is 24.3 Å². The summed E-state index contributed by atoms with van der Waals surface area (Å²) < 4.78 is 0. The van der Waals surface area contributed by atoms with Crippen molar-refractivity contribution in [2.75, 3.05) is 11.9 Å². The minimum absolute atomic E-state index is 0.0588. The molecule has 0 saturated carbocycles. The fourth-order valence-electron chi connectivity index (χ4n) is 1.27. The fraction of sp³-hybridized carbons (Fsp3) is 0.273. The van der Waals surface area contributed by atoms with E-state index in [0.717, 1.165) is 0 Å². The van der Waals surface area contributed by atoms with E-state index in [-0.39, 0.29) is 6.54 Å². The van der Waals surface area contributed by atoms with Gasteiger partial charge in [0.1, 0.15) is 0 Å². The van der Waals surface area contributed by atoms with Gasteiger partial charge in [0.25, 0.3) is 0 Å². The molecule has 17 heavy (non-hydrogen) atoms. The van der Waals surface area contributed by atoms with Gasteiger partial charge in [0.15, 0.2) is 0 Å². The van der Waals surface area contributed by atoms with E-state index < -0.39 is 24.3 Å². The van der Waals surface area contributed by atoms with E-state index in [1.165, 1.54) is 0 Å². The second kappa shape index (κ2) is 6.10. The first-order valence-electron chi connectivity index (χ1n) is 4.93. The molecule has 92 valence electrons. The highest BCUT2D eigenvalue weighted by Gasteiger charge is 2.20. The summed E-state index contributed by atoms with van der Waals surface area (Å²) in [5.41, 5.74) is 0.700. The van der Waals surface area contributed by atoms with E-state index in [1.807, 2.05) is 0 Å². The average Bonchev–Trinajstić information content (AvgIpc) is 2.25. The van der Waals surface area contributed by atoms with Gasteiger partial charge in [-0.25, -0.2) is 0 Å². The van der Waals surface area contributed by atoms with E-state index in [0.29, 0.717) is 10.7 Å². The van der Waals surface area contributed by atoms with Gasteiger partial charge in [-0.1, -0.05) is 11.6 Å². The number of halogens is 1. The van der Waals surface area contributed by atoms with E-state index >= 15 is 0 Å². The van der Waals surface area contributed by atoms with Gasteiger partial charge in [-0.15, -0.1) is 0 Å². The molecule has 0 heterocycles. The van der Waals surface area contributed by atoms with Crippen LogP contribution in [0.2, 0.25) is 5.02 Å². The van der Waals surface area contributed by atoms with Crippen LogP contribution in [0.25, 0.3) is 0 Å². The minimum atomic E-state index is -1.13. The lowest BCUT2D eigenvalue weighted by Crippen LogP contribution is -2.25. The molecule has 0 radical (unpaired) electrons. The number of aliphatic carboxylic acids is 2. The third-order valence-corrected chi connectivity index (χ3v) is 2.42. The molecule has 1 aromatic rings. The molecule has 0 aliphatic carbocycles. The van der Waals surface area contributed by atoms with Gasteiger partial charge in [0.2, 0.25) is 0 Å². The SMILES string of the molecule is O=C(O)CC(CNc1ccc(Cl)cc1)C(=O)O. The molecule has 0 aliphatic heterocycles. The Bertz CT molecular complexity index is 404. The Labute approximate surface area is 103 Å². The minimum Gasteiger partial charge on any atom is -0.481 e. The normalized spacial score (nSPS) is 11.8. The summed E-state index contributed by atoms with van der Waals surface area (Å²) in [6, 6.07) is 6.72. The van der Waals surface area contributed by atoms with Crippen LogP contribution in [-0.4, -0.2) is 28.7 Å². The van der Waals surface area contributed by atoms with Crippen LogP contribution in [0.15, 0.2) is 24.3 Å². The topological polar surface area (TPSA) is 86.6 Å². The molecule has 1 atom stereocenters. The standard InChI is InChI=1S/C11H12ClNO4/c12-8-1-3-9(4-2-8)13-6-7(11(16)17)5-10(14)15/h1-4,7,13H,5-6H2,(H,14,15)(H,16,17). The molecule has 6 heteroatoms. The monoisotopic (exact) mass is 257 g/mol. The van der Waals surface area contributed by atoms with Gasteiger partial charge in [0.05, 0.1) is 12.3 Å². The van der Waals surface area contributed by atoms with Crippen molar-refractivity contribution in [3.05, 3.63) is 29.3 Å². The number of benzene rings is 1. The molecule has 0 fully saturated rings. The van der Waals surface area contributed by atoms with E-state index in [4.69, 9.17) is 21.8 Å². The molecule has 0 aromatic heterocycles. The largest absolute Gasteiger partial charge is 0.481 e. The van der Waals surface area contributed by atoms with Gasteiger partial charge in [-0.2, -0.15) is 0 Å². The summed E-state index contributed by atoms with van der Waals surface area (Å²) in [5.74, 6) is -3.22. The zero-order valence-corrected chi connectivity index (χ0v) is 9.65. The maximum atomic E-state index is 10.8. The van der Waals surface area contributed by atoms with Crippen molar-refractivity contribution < 1.29 is 19.8 Å². The molecule has 5 nitrogen and oxygen atoms in total. The number of rotatable bonds is 6. The summed E-state index contributed by atoms with van der Waals surface area (Å²) in [6.07, 6.45) is -0.407. The quantitative estimate of drug-likeness (QED) is 0.725. The molecule has 0 spiro atoms. The Hall–Kier alpha value is -1.75. The van der Waals surface area contributed by atoms with E-state index in [1.54, 1.807) is 24.3 Å². The second-order valence-electron chi connectivity index (χ2n) is 3.52. The Morgan fingerprint density at radius 2 is 1.82 bits per heavy atom. The molecular weight excluding hydrogens is 246 g/mol. The van der Waals surface area contributed by atoms with Crippen molar-refractivity contribution in [2.45, 2.75) is 6.42 Å². The first-order chi connectivity index (χ1) is 7.99. The van der Waals surface area contributed by atoms with Crippen LogP contribution in [0.3, 0.4) is 0 Å². The van der Waals surface area contributed by atoms with Crippen molar-refractivity contribution in [1.82, 2.24) is 0 Å². The van der Waals surface area contributed by atoms with Crippen molar-refractivity contribution in [3.63, 3.8) is 0 Å². The van der Waals surface area contributed by atoms with Gasteiger partial charge in [-0.3, -0.25) is 9.59 Å². The highest BCUT2D eigenvalue weighted by molar-refractivity contribution is 6.30. The predicted octanol–water partition coefficient (Wildman–Crippen LogP) is 1.93. The third kappa shape index (κ3) is 4.74. The predicted molar refractivity (Wildman–Crippen MR) is 63.3 cm³/mol. The number of nitrogens with one attached hydrogen (secondary N) is 1. The number of carbonyl (C=O) groups is 2. The smallest absolute Gasteiger partial charge is 0.308 e. The van der Waals surface area contributed by atoms with Crippen molar-refractivity contribution in [3.8, 4) is 0 Å². The summed E-state index contributed by atoms with van der Waals surface area (Å²) in [4.78, 5) is 21.2. The lowest BCUT2D eigenvalue weighted by atomic mass is 10.1. The number of carboxylic acid groups (broad SMARTS) is 2. The Morgan fingerprint density at radius 3 is 2.29 bits per heavy atom. The van der Waals surface area contributed by atoms with E-state index in [9.17, 15) is 9.59 Å². The zero-order chi connectivity index (χ0) is 12.8. The summed E-state index contributed by atoms with van der Waals surface area (Å²) >= 11 is 5.69. The fourth-order valence-corrected chi connectivity index (χ4v) is 1.39. The van der Waals surface area contributed by atoms with Crippen molar-refractivity contribution in [2.24, 2.45) is 5.92 Å². The first-order valence-corrected chi connectivity index (χ1v) is 5.31. The third-order valence-electron chi connectivity index (χ3n) is 2.17. The van der Waals surface area contributed by atoms with Crippen LogP contribution in [-0.2, 0) is 9.59 Å². The number of hydrogen-bond acceptors (Lipinski definition) is 3. The molecule has 1 unspecified atom stereocenters. The summed E-state index contributed by atoms with van der Waals surface area (Å²) in [5, 5.41) is 20.8. The maximum absolute atomic E-state index is 10.8. The lowest BCUT2D eigenvalue weighted by molar-refractivity contribution is -0.147. The molecule has 3 N–H and O–H groups in total. The maximum Gasteiger partial charge on any atom is 0.308 e.